The van der Waals surface area contributed by atoms with Gasteiger partial charge >= 0.3 is 0 Å². The normalized spacial score (nSPS) is 17.5. The van der Waals surface area contributed by atoms with E-state index in [1.807, 2.05) is 18.2 Å². The highest BCUT2D eigenvalue weighted by Gasteiger charge is 2.23. The molecule has 2 saturated heterocycles. The number of methoxy groups -OCH3 is 2. The zero-order valence-corrected chi connectivity index (χ0v) is 20.6. The van der Waals surface area contributed by atoms with E-state index in [-0.39, 0.29) is 5.82 Å². The van der Waals surface area contributed by atoms with Crippen molar-refractivity contribution in [2.45, 2.75) is 44.7 Å². The molecular weight excluding hydrogens is 445 g/mol. The predicted molar refractivity (Wildman–Crippen MR) is 137 cm³/mol. The minimum atomic E-state index is -0.175. The van der Waals surface area contributed by atoms with Gasteiger partial charge in [0.1, 0.15) is 11.6 Å². The maximum Gasteiger partial charge on any atom is 0.227 e. The lowest BCUT2D eigenvalue weighted by Crippen LogP contribution is -2.39. The van der Waals surface area contributed by atoms with Crippen LogP contribution in [0.25, 0.3) is 10.9 Å². The number of hydrogen-bond acceptors (Lipinski definition) is 7. The number of rotatable bonds is 7. The largest absolute Gasteiger partial charge is 0.493 e. The lowest BCUT2D eigenvalue weighted by atomic mass is 10.0. The Bertz CT molecular complexity index is 1160. The molecule has 0 spiro atoms. The molecule has 0 unspecified atom stereocenters. The second kappa shape index (κ2) is 10.6. The zero-order chi connectivity index (χ0) is 24.2. The highest BCUT2D eigenvalue weighted by molar-refractivity contribution is 5.93. The maximum atomic E-state index is 13.6. The van der Waals surface area contributed by atoms with Crippen LogP contribution in [0.15, 0.2) is 36.4 Å². The smallest absolute Gasteiger partial charge is 0.227 e. The number of nitrogens with one attached hydrogen (secondary N) is 1. The summed E-state index contributed by atoms with van der Waals surface area (Å²) in [5.41, 5.74) is 1.87. The van der Waals surface area contributed by atoms with Crippen LogP contribution >= 0.6 is 0 Å². The van der Waals surface area contributed by atoms with Crippen molar-refractivity contribution < 1.29 is 13.9 Å². The van der Waals surface area contributed by atoms with Gasteiger partial charge in [-0.1, -0.05) is 12.1 Å². The monoisotopic (exact) mass is 479 g/mol. The fourth-order valence-corrected chi connectivity index (χ4v) is 5.11. The van der Waals surface area contributed by atoms with E-state index in [9.17, 15) is 4.39 Å². The molecule has 0 aliphatic carbocycles. The van der Waals surface area contributed by atoms with Gasteiger partial charge in [0.05, 0.1) is 19.7 Å². The topological polar surface area (TPSA) is 62.8 Å². The van der Waals surface area contributed by atoms with Gasteiger partial charge in [-0.2, -0.15) is 4.98 Å². The number of nitrogens with zero attached hydrogens (tertiary/aromatic N) is 4. The van der Waals surface area contributed by atoms with Crippen molar-refractivity contribution in [1.82, 2.24) is 14.9 Å². The van der Waals surface area contributed by atoms with Crippen LogP contribution in [0.4, 0.5) is 16.2 Å². The van der Waals surface area contributed by atoms with Gasteiger partial charge in [-0.25, -0.2) is 9.37 Å². The first-order chi connectivity index (χ1) is 17.1. The van der Waals surface area contributed by atoms with Crippen molar-refractivity contribution in [2.75, 3.05) is 50.6 Å². The Kier molecular flexibility index (Phi) is 7.18. The lowest BCUT2D eigenvalue weighted by molar-refractivity contribution is 0.211. The highest BCUT2D eigenvalue weighted by Crippen LogP contribution is 2.36. The molecule has 186 valence electrons. The molecule has 1 N–H and O–H groups in total. The van der Waals surface area contributed by atoms with E-state index in [0.717, 1.165) is 73.8 Å². The first-order valence-corrected chi connectivity index (χ1v) is 12.5. The minimum absolute atomic E-state index is 0.175. The van der Waals surface area contributed by atoms with Crippen LogP contribution in [-0.4, -0.2) is 61.3 Å². The molecule has 0 bridgehead atoms. The van der Waals surface area contributed by atoms with Gasteiger partial charge < -0.3 is 19.7 Å². The summed E-state index contributed by atoms with van der Waals surface area (Å²) in [5.74, 6) is 2.78. The SMILES string of the molecule is COc1cc2nc(N3CCCCC3)nc(NC3CCN(Cc4cccc(F)c4)CC3)c2cc1OC. The summed E-state index contributed by atoms with van der Waals surface area (Å²) in [6, 6.07) is 11.1. The van der Waals surface area contributed by atoms with E-state index < -0.39 is 0 Å². The molecule has 1 aromatic heterocycles. The quantitative estimate of drug-likeness (QED) is 0.520. The number of fused-ring (bicyclic) bond motifs is 1. The summed E-state index contributed by atoms with van der Waals surface area (Å²) in [5, 5.41) is 4.66. The minimum Gasteiger partial charge on any atom is -0.493 e. The molecule has 35 heavy (non-hydrogen) atoms. The number of ether oxygens (including phenoxy) is 2. The van der Waals surface area contributed by atoms with Gasteiger partial charge in [0.2, 0.25) is 5.95 Å². The van der Waals surface area contributed by atoms with Crippen molar-refractivity contribution in [2.24, 2.45) is 0 Å². The number of anilines is 2. The Balaban J connectivity index is 1.36. The van der Waals surface area contributed by atoms with Crippen molar-refractivity contribution >= 4 is 22.7 Å². The molecule has 0 saturated carbocycles. The molecule has 7 nitrogen and oxygen atoms in total. The first-order valence-electron chi connectivity index (χ1n) is 12.5. The van der Waals surface area contributed by atoms with Crippen LogP contribution in [-0.2, 0) is 6.54 Å². The van der Waals surface area contributed by atoms with Crippen molar-refractivity contribution in [3.63, 3.8) is 0 Å². The second-order valence-electron chi connectivity index (χ2n) is 9.47. The van der Waals surface area contributed by atoms with E-state index in [4.69, 9.17) is 19.4 Å². The molecule has 8 heteroatoms. The Labute approximate surface area is 206 Å². The third-order valence-electron chi connectivity index (χ3n) is 7.05. The fraction of sp³-hybridized carbons (Fsp3) is 0.481. The average molecular weight is 480 g/mol. The number of halogens is 1. The lowest BCUT2D eigenvalue weighted by Gasteiger charge is -2.33. The summed E-state index contributed by atoms with van der Waals surface area (Å²) in [7, 11) is 3.29. The second-order valence-corrected chi connectivity index (χ2v) is 9.47. The Morgan fingerprint density at radius 2 is 1.69 bits per heavy atom. The number of piperidine rings is 2. The zero-order valence-electron chi connectivity index (χ0n) is 20.6. The Morgan fingerprint density at radius 3 is 2.40 bits per heavy atom. The summed E-state index contributed by atoms with van der Waals surface area (Å²) in [6.45, 7) is 4.64. The van der Waals surface area contributed by atoms with Gasteiger partial charge in [0, 0.05) is 50.2 Å². The maximum absolute atomic E-state index is 13.6. The van der Waals surface area contributed by atoms with Crippen LogP contribution in [0.2, 0.25) is 0 Å². The Morgan fingerprint density at radius 1 is 0.943 bits per heavy atom. The summed E-state index contributed by atoms with van der Waals surface area (Å²) in [4.78, 5) is 14.6. The number of likely N-dealkylation sites (tertiary alicyclic amines) is 1. The molecule has 0 atom stereocenters. The van der Waals surface area contributed by atoms with E-state index in [1.54, 1.807) is 26.4 Å². The van der Waals surface area contributed by atoms with Crippen LogP contribution in [0.3, 0.4) is 0 Å². The summed E-state index contributed by atoms with van der Waals surface area (Å²) >= 11 is 0. The average Bonchev–Trinajstić information content (AvgIpc) is 2.89. The van der Waals surface area contributed by atoms with Crippen molar-refractivity contribution in [3.05, 3.63) is 47.8 Å². The molecule has 2 aliphatic rings. The number of benzene rings is 2. The van der Waals surface area contributed by atoms with Gasteiger partial charge in [-0.15, -0.1) is 0 Å². The van der Waals surface area contributed by atoms with Crippen LogP contribution < -0.4 is 19.7 Å². The summed E-state index contributed by atoms with van der Waals surface area (Å²) < 4.78 is 24.7. The van der Waals surface area contributed by atoms with E-state index >= 15 is 0 Å². The molecule has 2 aliphatic heterocycles. The van der Waals surface area contributed by atoms with Crippen LogP contribution in [0, 0.1) is 5.82 Å². The molecule has 5 rings (SSSR count). The van der Waals surface area contributed by atoms with Gasteiger partial charge in [0.25, 0.3) is 0 Å². The van der Waals surface area contributed by atoms with E-state index in [2.05, 4.69) is 15.1 Å². The highest BCUT2D eigenvalue weighted by atomic mass is 19.1. The third-order valence-corrected chi connectivity index (χ3v) is 7.05. The van der Waals surface area contributed by atoms with Gasteiger partial charge in [-0.3, -0.25) is 4.90 Å². The summed E-state index contributed by atoms with van der Waals surface area (Å²) in [6.07, 6.45) is 5.58. The number of aromatic nitrogens is 2. The van der Waals surface area contributed by atoms with E-state index in [1.165, 1.54) is 25.3 Å². The third kappa shape index (κ3) is 5.42. The first kappa shape index (κ1) is 23.6. The molecule has 2 fully saturated rings. The van der Waals surface area contributed by atoms with Crippen LogP contribution in [0.1, 0.15) is 37.7 Å². The molecule has 3 heterocycles. The van der Waals surface area contributed by atoms with Crippen molar-refractivity contribution in [3.8, 4) is 11.5 Å². The molecule has 0 amide bonds. The standard InChI is InChI=1S/C27H34FN5O2/c1-34-24-16-22-23(17-25(24)35-2)30-27(33-11-4-3-5-12-33)31-26(22)29-21-9-13-32(14-10-21)18-19-7-6-8-20(28)15-19/h6-8,15-17,21H,3-5,9-14,18H2,1-2H3,(H,29,30,31). The molecule has 3 aromatic rings. The van der Waals surface area contributed by atoms with Gasteiger partial charge in [0.15, 0.2) is 11.5 Å². The molecule has 2 aromatic carbocycles. The fourth-order valence-electron chi connectivity index (χ4n) is 5.11. The molecular formula is C27H34FN5O2. The van der Waals surface area contributed by atoms with E-state index in [0.29, 0.717) is 17.5 Å². The van der Waals surface area contributed by atoms with Crippen LogP contribution in [0.5, 0.6) is 11.5 Å². The van der Waals surface area contributed by atoms with Crippen molar-refractivity contribution in [1.29, 1.82) is 0 Å². The number of hydrogen-bond donors (Lipinski definition) is 1. The predicted octanol–water partition coefficient (Wildman–Crippen LogP) is 4.85. The Hall–Kier alpha value is -3.13. The molecule has 0 radical (unpaired) electrons. The van der Waals surface area contributed by atoms with Gasteiger partial charge in [-0.05, 0) is 55.9 Å².